The maximum absolute atomic E-state index is 12.7. The fourth-order valence-corrected chi connectivity index (χ4v) is 3.15. The molecule has 6 nitrogen and oxygen atoms in total. The van der Waals surface area contributed by atoms with E-state index in [1.54, 1.807) is 56.7 Å². The number of amides is 1. The molecule has 0 saturated carbocycles. The highest BCUT2D eigenvalue weighted by atomic mass is 16.5. The van der Waals surface area contributed by atoms with Crippen molar-refractivity contribution in [3.05, 3.63) is 83.0 Å². The molecule has 0 saturated heterocycles. The third-order valence-corrected chi connectivity index (χ3v) is 4.67. The standard InChI is InChI=1S/C23H24N4O2/c1-14-12-16(24)5-10-19(14)22(26-2)20-13-15(4-11-21(20)25)23(28)27-17-6-8-18(29-3)9-7-17/h4-13,25-26H,24H2,1-3H3,(H,27,28)/b22-20-,25-21?. The summed E-state index contributed by atoms with van der Waals surface area (Å²) in [5.41, 5.74) is 11.3. The van der Waals surface area contributed by atoms with Crippen molar-refractivity contribution >= 4 is 28.7 Å². The third-order valence-electron chi connectivity index (χ3n) is 4.67. The molecule has 6 heteroatoms. The molecule has 0 radical (unpaired) electrons. The van der Waals surface area contributed by atoms with E-state index in [0.29, 0.717) is 28.2 Å². The summed E-state index contributed by atoms with van der Waals surface area (Å²) >= 11 is 0. The largest absolute Gasteiger partial charge is 0.497 e. The molecule has 1 amide bonds. The summed E-state index contributed by atoms with van der Waals surface area (Å²) < 4.78 is 5.13. The number of benzene rings is 2. The van der Waals surface area contributed by atoms with Gasteiger partial charge in [0.1, 0.15) is 5.75 Å². The number of hydrogen-bond acceptors (Lipinski definition) is 5. The van der Waals surface area contributed by atoms with E-state index in [1.807, 2.05) is 25.1 Å². The number of anilines is 2. The van der Waals surface area contributed by atoms with Gasteiger partial charge in [-0.05, 0) is 67.1 Å². The lowest BCUT2D eigenvalue weighted by atomic mass is 9.93. The lowest BCUT2D eigenvalue weighted by molar-refractivity contribution is -0.112. The molecule has 0 fully saturated rings. The Labute approximate surface area is 170 Å². The average Bonchev–Trinajstić information content (AvgIpc) is 2.71. The molecule has 0 bridgehead atoms. The van der Waals surface area contributed by atoms with Crippen LogP contribution in [0.3, 0.4) is 0 Å². The predicted molar refractivity (Wildman–Crippen MR) is 118 cm³/mol. The Morgan fingerprint density at radius 3 is 2.45 bits per heavy atom. The van der Waals surface area contributed by atoms with Crippen molar-refractivity contribution in [2.75, 3.05) is 25.2 Å². The van der Waals surface area contributed by atoms with Crippen molar-refractivity contribution in [2.45, 2.75) is 6.92 Å². The second-order valence-electron chi connectivity index (χ2n) is 6.64. The number of carbonyl (C=O) groups is 1. The maximum atomic E-state index is 12.7. The van der Waals surface area contributed by atoms with Crippen LogP contribution in [-0.2, 0) is 4.79 Å². The van der Waals surface area contributed by atoms with Gasteiger partial charge in [0, 0.05) is 35.1 Å². The smallest absolute Gasteiger partial charge is 0.255 e. The Hall–Kier alpha value is -3.80. The molecule has 1 aliphatic carbocycles. The summed E-state index contributed by atoms with van der Waals surface area (Å²) in [6.45, 7) is 1.97. The highest BCUT2D eigenvalue weighted by Crippen LogP contribution is 2.26. The summed E-state index contributed by atoms with van der Waals surface area (Å²) in [6.07, 6.45) is 5.00. The minimum atomic E-state index is -0.249. The topological polar surface area (TPSA) is 100 Å². The van der Waals surface area contributed by atoms with Crippen molar-refractivity contribution in [2.24, 2.45) is 0 Å². The van der Waals surface area contributed by atoms with Gasteiger partial charge >= 0.3 is 0 Å². The molecule has 2 aromatic carbocycles. The van der Waals surface area contributed by atoms with Crippen molar-refractivity contribution in [3.8, 4) is 5.75 Å². The lowest BCUT2D eigenvalue weighted by Gasteiger charge is -2.18. The second-order valence-corrected chi connectivity index (χ2v) is 6.64. The second kappa shape index (κ2) is 8.48. The van der Waals surface area contributed by atoms with Crippen LogP contribution in [0.15, 0.2) is 71.8 Å². The van der Waals surface area contributed by atoms with Gasteiger partial charge in [-0.2, -0.15) is 0 Å². The van der Waals surface area contributed by atoms with Crippen LogP contribution < -0.4 is 21.1 Å². The van der Waals surface area contributed by atoms with Crippen LogP contribution in [0.2, 0.25) is 0 Å². The molecule has 0 unspecified atom stereocenters. The molecule has 2 aromatic rings. The zero-order valence-electron chi connectivity index (χ0n) is 16.7. The van der Waals surface area contributed by atoms with Gasteiger partial charge in [-0.15, -0.1) is 0 Å². The fourth-order valence-electron chi connectivity index (χ4n) is 3.15. The molecule has 0 atom stereocenters. The van der Waals surface area contributed by atoms with Gasteiger partial charge < -0.3 is 26.5 Å². The van der Waals surface area contributed by atoms with E-state index < -0.39 is 0 Å². The van der Waals surface area contributed by atoms with Gasteiger partial charge in [0.25, 0.3) is 5.91 Å². The predicted octanol–water partition coefficient (Wildman–Crippen LogP) is 3.67. The number of allylic oxidation sites excluding steroid dienone is 3. The fraction of sp³-hybridized carbons (Fsp3) is 0.130. The molecule has 29 heavy (non-hydrogen) atoms. The van der Waals surface area contributed by atoms with Crippen molar-refractivity contribution in [1.29, 1.82) is 5.41 Å². The Morgan fingerprint density at radius 2 is 1.83 bits per heavy atom. The third kappa shape index (κ3) is 4.38. The van der Waals surface area contributed by atoms with Gasteiger partial charge in [-0.3, -0.25) is 4.79 Å². The highest BCUT2D eigenvalue weighted by Gasteiger charge is 2.18. The molecular formula is C23H24N4O2. The number of nitrogen functional groups attached to an aromatic ring is 1. The molecular weight excluding hydrogens is 364 g/mol. The van der Waals surface area contributed by atoms with E-state index in [1.165, 1.54) is 0 Å². The van der Waals surface area contributed by atoms with E-state index in [4.69, 9.17) is 15.9 Å². The van der Waals surface area contributed by atoms with Gasteiger partial charge in [0.05, 0.1) is 18.5 Å². The molecule has 0 aromatic heterocycles. The Morgan fingerprint density at radius 1 is 1.10 bits per heavy atom. The summed E-state index contributed by atoms with van der Waals surface area (Å²) in [7, 11) is 3.39. The molecule has 1 aliphatic rings. The normalized spacial score (nSPS) is 14.9. The number of aryl methyl sites for hydroxylation is 1. The first-order valence-electron chi connectivity index (χ1n) is 9.15. The lowest BCUT2D eigenvalue weighted by Crippen LogP contribution is -2.19. The Bertz CT molecular complexity index is 1050. The molecule has 0 aliphatic heterocycles. The number of methoxy groups -OCH3 is 1. The van der Waals surface area contributed by atoms with Crippen LogP contribution in [0.4, 0.5) is 11.4 Å². The van der Waals surface area contributed by atoms with Crippen LogP contribution in [0.25, 0.3) is 5.70 Å². The summed E-state index contributed by atoms with van der Waals surface area (Å²) in [4.78, 5) is 12.7. The van der Waals surface area contributed by atoms with E-state index >= 15 is 0 Å². The van der Waals surface area contributed by atoms with Crippen molar-refractivity contribution in [3.63, 3.8) is 0 Å². The monoisotopic (exact) mass is 388 g/mol. The maximum Gasteiger partial charge on any atom is 0.255 e. The summed E-state index contributed by atoms with van der Waals surface area (Å²) in [5, 5.41) is 14.4. The molecule has 0 heterocycles. The van der Waals surface area contributed by atoms with Gasteiger partial charge in [0.2, 0.25) is 0 Å². The van der Waals surface area contributed by atoms with Gasteiger partial charge in [-0.1, -0.05) is 6.07 Å². The van der Waals surface area contributed by atoms with Crippen LogP contribution >= 0.6 is 0 Å². The average molecular weight is 388 g/mol. The number of rotatable bonds is 5. The SMILES string of the molecule is CN/C(=C1/C=C(C(=O)Nc2ccc(OC)cc2)C=CC1=N)c1ccc(N)cc1C. The van der Waals surface area contributed by atoms with E-state index in [-0.39, 0.29) is 5.91 Å². The van der Waals surface area contributed by atoms with Crippen LogP contribution in [-0.4, -0.2) is 25.8 Å². The molecule has 3 rings (SSSR count). The Balaban J connectivity index is 1.94. The first kappa shape index (κ1) is 19.9. The number of nitrogens with two attached hydrogens (primary N) is 1. The molecule has 148 valence electrons. The quantitative estimate of drug-likeness (QED) is 0.587. The van der Waals surface area contributed by atoms with Crippen molar-refractivity contribution in [1.82, 2.24) is 5.32 Å². The zero-order chi connectivity index (χ0) is 21.0. The zero-order valence-corrected chi connectivity index (χ0v) is 16.7. The molecule has 0 spiro atoms. The number of ether oxygens (including phenoxy) is 1. The van der Waals surface area contributed by atoms with Crippen molar-refractivity contribution < 1.29 is 9.53 Å². The minimum absolute atomic E-state index is 0.249. The van der Waals surface area contributed by atoms with E-state index in [2.05, 4.69) is 10.6 Å². The molecule has 5 N–H and O–H groups in total. The van der Waals surface area contributed by atoms with Crippen LogP contribution in [0.1, 0.15) is 11.1 Å². The highest BCUT2D eigenvalue weighted by molar-refractivity contribution is 6.18. The number of nitrogens with one attached hydrogen (secondary N) is 3. The first-order chi connectivity index (χ1) is 13.9. The minimum Gasteiger partial charge on any atom is -0.497 e. The summed E-state index contributed by atoms with van der Waals surface area (Å²) in [5.74, 6) is 0.469. The summed E-state index contributed by atoms with van der Waals surface area (Å²) in [6, 6.07) is 12.7. The van der Waals surface area contributed by atoms with Crippen LogP contribution in [0.5, 0.6) is 5.75 Å². The van der Waals surface area contributed by atoms with Gasteiger partial charge in [0.15, 0.2) is 0 Å². The van der Waals surface area contributed by atoms with E-state index in [0.717, 1.165) is 22.6 Å². The first-order valence-corrected chi connectivity index (χ1v) is 9.15. The number of carbonyl (C=O) groups excluding carboxylic acids is 1. The van der Waals surface area contributed by atoms with E-state index in [9.17, 15) is 4.79 Å². The Kier molecular flexibility index (Phi) is 5.83. The van der Waals surface area contributed by atoms with Crippen LogP contribution in [0, 0.1) is 12.3 Å². The number of hydrogen-bond donors (Lipinski definition) is 4. The van der Waals surface area contributed by atoms with Gasteiger partial charge in [-0.25, -0.2) is 0 Å².